The molecule has 0 unspecified atom stereocenters. The first-order valence-corrected chi connectivity index (χ1v) is 11.3. The summed E-state index contributed by atoms with van der Waals surface area (Å²) < 4.78 is 17.1. The maximum Gasteiger partial charge on any atom is 0.280 e. The molecule has 1 aliphatic heterocycles. The van der Waals surface area contributed by atoms with E-state index in [1.165, 1.54) is 5.01 Å². The molecule has 0 aromatic heterocycles. The highest BCUT2D eigenvalue weighted by molar-refractivity contribution is 6.33. The third-order valence-corrected chi connectivity index (χ3v) is 5.45. The molecule has 0 bridgehead atoms. The van der Waals surface area contributed by atoms with E-state index in [1.807, 2.05) is 60.7 Å². The van der Waals surface area contributed by atoms with Crippen molar-refractivity contribution in [3.05, 3.63) is 89.0 Å². The van der Waals surface area contributed by atoms with E-state index in [0.717, 1.165) is 11.3 Å². The average Bonchev–Trinajstić information content (AvgIpc) is 3.14. The lowest BCUT2D eigenvalue weighted by atomic mass is 10.1. The summed E-state index contributed by atoms with van der Waals surface area (Å²) in [6.45, 7) is 2.74. The molecule has 0 radical (unpaired) electrons. The summed E-state index contributed by atoms with van der Waals surface area (Å²) in [5, 5.41) is 6.21. The molecule has 0 atom stereocenters. The topological polar surface area (TPSA) is 60.4 Å². The number of ether oxygens (including phenoxy) is 3. The predicted molar refractivity (Wildman–Crippen MR) is 135 cm³/mol. The lowest BCUT2D eigenvalue weighted by Crippen LogP contribution is -2.21. The van der Waals surface area contributed by atoms with E-state index in [-0.39, 0.29) is 5.91 Å². The molecule has 0 saturated carbocycles. The Morgan fingerprint density at radius 3 is 2.35 bits per heavy atom. The molecule has 4 rings (SSSR count). The summed E-state index contributed by atoms with van der Waals surface area (Å²) in [5.74, 6) is 1.57. The van der Waals surface area contributed by atoms with Crippen molar-refractivity contribution in [2.24, 2.45) is 5.10 Å². The first-order chi connectivity index (χ1) is 16.6. The zero-order valence-corrected chi connectivity index (χ0v) is 19.8. The molecule has 6 nitrogen and oxygen atoms in total. The van der Waals surface area contributed by atoms with E-state index in [2.05, 4.69) is 5.10 Å². The van der Waals surface area contributed by atoms with Crippen molar-refractivity contribution in [3.8, 4) is 17.2 Å². The number of hydrogen-bond acceptors (Lipinski definition) is 5. The normalized spacial score (nSPS) is 14.3. The van der Waals surface area contributed by atoms with Gasteiger partial charge in [-0.3, -0.25) is 4.79 Å². The molecule has 1 amide bonds. The van der Waals surface area contributed by atoms with E-state index in [4.69, 9.17) is 25.8 Å². The van der Waals surface area contributed by atoms with E-state index < -0.39 is 0 Å². The van der Waals surface area contributed by atoms with Gasteiger partial charge in [0.1, 0.15) is 5.75 Å². The Morgan fingerprint density at radius 1 is 0.971 bits per heavy atom. The summed E-state index contributed by atoms with van der Waals surface area (Å²) in [6, 6.07) is 22.5. The highest BCUT2D eigenvalue weighted by atomic mass is 35.5. The fraction of sp³-hybridized carbons (Fsp3) is 0.185. The van der Waals surface area contributed by atoms with E-state index >= 15 is 0 Å². The first kappa shape index (κ1) is 23.4. The Morgan fingerprint density at radius 2 is 1.65 bits per heavy atom. The van der Waals surface area contributed by atoms with Gasteiger partial charge in [-0.15, -0.1) is 0 Å². The fourth-order valence-corrected chi connectivity index (χ4v) is 3.77. The summed E-state index contributed by atoms with van der Waals surface area (Å²) >= 11 is 6.51. The number of nitrogens with zero attached hydrogens (tertiary/aromatic N) is 2. The number of benzene rings is 3. The van der Waals surface area contributed by atoms with Crippen LogP contribution in [0, 0.1) is 0 Å². The SMILES string of the molecule is COc1cc(/C=C2\C(=O)N(c3ccccc3)N=C2C)cc(Cl)c1OCCCOc1ccccc1. The molecular weight excluding hydrogens is 452 g/mol. The molecule has 0 spiro atoms. The van der Waals surface area contributed by atoms with Crippen LogP contribution in [-0.4, -0.2) is 31.9 Å². The van der Waals surface area contributed by atoms with Gasteiger partial charge in [0.05, 0.1) is 42.3 Å². The van der Waals surface area contributed by atoms with Crippen LogP contribution in [0.15, 0.2) is 83.5 Å². The second kappa shape index (κ2) is 10.9. The molecule has 0 fully saturated rings. The van der Waals surface area contributed by atoms with Crippen LogP contribution in [0.3, 0.4) is 0 Å². The van der Waals surface area contributed by atoms with Gasteiger partial charge in [-0.05, 0) is 55.0 Å². The monoisotopic (exact) mass is 476 g/mol. The number of anilines is 1. The van der Waals surface area contributed by atoms with Gasteiger partial charge >= 0.3 is 0 Å². The Labute approximate surface area is 204 Å². The summed E-state index contributed by atoms with van der Waals surface area (Å²) in [4.78, 5) is 13.0. The molecule has 3 aromatic rings. The molecule has 1 aliphatic rings. The van der Waals surface area contributed by atoms with Crippen LogP contribution in [0.25, 0.3) is 6.08 Å². The van der Waals surface area contributed by atoms with Crippen molar-refractivity contribution < 1.29 is 19.0 Å². The summed E-state index contributed by atoms with van der Waals surface area (Å²) in [6.07, 6.45) is 2.44. The van der Waals surface area contributed by atoms with E-state index in [1.54, 1.807) is 32.2 Å². The number of amides is 1. The Bertz CT molecular complexity index is 1210. The number of rotatable bonds is 9. The molecule has 34 heavy (non-hydrogen) atoms. The lowest BCUT2D eigenvalue weighted by Gasteiger charge is -2.14. The van der Waals surface area contributed by atoms with E-state index in [0.29, 0.717) is 53.1 Å². The van der Waals surface area contributed by atoms with Gasteiger partial charge in [0.2, 0.25) is 0 Å². The minimum atomic E-state index is -0.197. The second-order valence-electron chi connectivity index (χ2n) is 7.59. The van der Waals surface area contributed by atoms with E-state index in [9.17, 15) is 4.79 Å². The standard InChI is InChI=1S/C27H25ClN2O4/c1-19-23(27(31)30(29-19)21-10-5-3-6-11-21)16-20-17-24(28)26(25(18-20)32-2)34-15-9-14-33-22-12-7-4-8-13-22/h3-8,10-13,16-18H,9,14-15H2,1-2H3/b23-16-. The highest BCUT2D eigenvalue weighted by Crippen LogP contribution is 2.37. The van der Waals surface area contributed by atoms with Gasteiger partial charge in [0.25, 0.3) is 5.91 Å². The summed E-state index contributed by atoms with van der Waals surface area (Å²) in [7, 11) is 1.55. The average molecular weight is 477 g/mol. The van der Waals surface area contributed by atoms with Crippen LogP contribution in [0.2, 0.25) is 5.02 Å². The smallest absolute Gasteiger partial charge is 0.280 e. The Balaban J connectivity index is 1.44. The molecule has 1 heterocycles. The number of hydrazone groups is 1. The van der Waals surface area contributed by atoms with Crippen molar-refractivity contribution in [2.75, 3.05) is 25.3 Å². The predicted octanol–water partition coefficient (Wildman–Crippen LogP) is 6.00. The minimum Gasteiger partial charge on any atom is -0.493 e. The number of para-hydroxylation sites is 2. The van der Waals surface area contributed by atoms with Gasteiger partial charge in [-0.25, -0.2) is 0 Å². The number of methoxy groups -OCH3 is 1. The molecule has 0 saturated heterocycles. The van der Waals surface area contributed by atoms with Crippen molar-refractivity contribution in [1.82, 2.24) is 0 Å². The zero-order chi connectivity index (χ0) is 23.9. The van der Waals surface area contributed by atoms with Crippen LogP contribution in [0.1, 0.15) is 18.9 Å². The number of carbonyl (C=O) groups is 1. The third-order valence-electron chi connectivity index (χ3n) is 5.17. The van der Waals surface area contributed by atoms with Gasteiger partial charge in [0.15, 0.2) is 11.5 Å². The highest BCUT2D eigenvalue weighted by Gasteiger charge is 2.28. The first-order valence-electron chi connectivity index (χ1n) is 10.9. The van der Waals surface area contributed by atoms with Crippen molar-refractivity contribution >= 4 is 35.0 Å². The zero-order valence-electron chi connectivity index (χ0n) is 19.0. The molecule has 0 N–H and O–H groups in total. The Hall–Kier alpha value is -3.77. The molecule has 3 aromatic carbocycles. The molecule has 174 valence electrons. The lowest BCUT2D eigenvalue weighted by molar-refractivity contribution is -0.114. The number of hydrogen-bond donors (Lipinski definition) is 0. The largest absolute Gasteiger partial charge is 0.493 e. The number of halogens is 1. The van der Waals surface area contributed by atoms with Gasteiger partial charge in [-0.2, -0.15) is 10.1 Å². The maximum atomic E-state index is 13.0. The van der Waals surface area contributed by atoms with Crippen LogP contribution in [0.4, 0.5) is 5.69 Å². The molecule has 0 aliphatic carbocycles. The summed E-state index contributed by atoms with van der Waals surface area (Å²) in [5.41, 5.74) is 2.55. The van der Waals surface area contributed by atoms with Crippen LogP contribution in [0.5, 0.6) is 17.2 Å². The van der Waals surface area contributed by atoms with Crippen LogP contribution in [-0.2, 0) is 4.79 Å². The van der Waals surface area contributed by atoms with Gasteiger partial charge in [-0.1, -0.05) is 48.0 Å². The quantitative estimate of drug-likeness (QED) is 0.280. The third kappa shape index (κ3) is 5.41. The van der Waals surface area contributed by atoms with Gasteiger partial charge < -0.3 is 14.2 Å². The van der Waals surface area contributed by atoms with Crippen molar-refractivity contribution in [2.45, 2.75) is 13.3 Å². The Kier molecular flexibility index (Phi) is 7.50. The molecular formula is C27H25ClN2O4. The maximum absolute atomic E-state index is 13.0. The minimum absolute atomic E-state index is 0.197. The van der Waals surface area contributed by atoms with Crippen molar-refractivity contribution in [3.63, 3.8) is 0 Å². The molecule has 7 heteroatoms. The van der Waals surface area contributed by atoms with Crippen molar-refractivity contribution in [1.29, 1.82) is 0 Å². The second-order valence-corrected chi connectivity index (χ2v) is 8.00. The number of carbonyl (C=O) groups excluding carboxylic acids is 1. The van der Waals surface area contributed by atoms with Crippen LogP contribution >= 0.6 is 11.6 Å². The van der Waals surface area contributed by atoms with Gasteiger partial charge in [0, 0.05) is 6.42 Å². The fourth-order valence-electron chi connectivity index (χ4n) is 3.50. The van der Waals surface area contributed by atoms with Crippen LogP contribution < -0.4 is 19.2 Å².